The molecule has 0 aromatic heterocycles. The molecule has 0 fully saturated rings. The summed E-state index contributed by atoms with van der Waals surface area (Å²) in [6.07, 6.45) is 0. The van der Waals surface area contributed by atoms with E-state index < -0.39 is 0 Å². The van der Waals surface area contributed by atoms with Gasteiger partial charge in [0.1, 0.15) is 0 Å². The van der Waals surface area contributed by atoms with Crippen LogP contribution in [0.15, 0.2) is 58.5 Å². The molecule has 0 unspecified atom stereocenters. The highest BCUT2D eigenvalue weighted by Gasteiger charge is 2.10. The third kappa shape index (κ3) is 5.34. The number of nitrogens with one attached hydrogen (secondary N) is 2. The van der Waals surface area contributed by atoms with Crippen LogP contribution in [0.2, 0.25) is 10.0 Å². The van der Waals surface area contributed by atoms with Gasteiger partial charge in [-0.2, -0.15) is 0 Å². The number of rotatable bonds is 2. The number of halogens is 2. The fraction of sp³-hybridized carbons (Fsp3) is 0.125. The minimum atomic E-state index is 0.634. The number of anilines is 2. The zero-order chi connectivity index (χ0) is 16.8. The number of hydrogen-bond acceptors (Lipinski definition) is 6. The number of benzene rings is 2. The van der Waals surface area contributed by atoms with Gasteiger partial charge in [-0.1, -0.05) is 23.2 Å². The van der Waals surface area contributed by atoms with Crippen LogP contribution in [0.1, 0.15) is 0 Å². The molecule has 1 aliphatic heterocycles. The van der Waals surface area contributed by atoms with Crippen molar-refractivity contribution in [1.29, 1.82) is 0 Å². The SMILES string of the molecule is Clc1ccc(NC2=NCCN=C(Nc3ccc(Cl)cc3)SS2)cc1. The van der Waals surface area contributed by atoms with Gasteiger partial charge in [0.15, 0.2) is 10.3 Å². The van der Waals surface area contributed by atoms with Gasteiger partial charge in [-0.15, -0.1) is 0 Å². The predicted octanol–water partition coefficient (Wildman–Crippen LogP) is 5.62. The second kappa shape index (κ2) is 8.67. The second-order valence-corrected chi connectivity index (χ2v) is 7.78. The van der Waals surface area contributed by atoms with Crippen LogP contribution in [0.5, 0.6) is 0 Å². The lowest BCUT2D eigenvalue weighted by molar-refractivity contribution is 0.981. The first-order valence-electron chi connectivity index (χ1n) is 7.18. The van der Waals surface area contributed by atoms with Crippen LogP contribution in [0, 0.1) is 0 Å². The van der Waals surface area contributed by atoms with Crippen molar-refractivity contribution in [2.45, 2.75) is 0 Å². The first kappa shape index (κ1) is 17.5. The number of aliphatic imine (C=N–C) groups is 2. The van der Waals surface area contributed by atoms with E-state index in [1.807, 2.05) is 48.5 Å². The maximum Gasteiger partial charge on any atom is 0.172 e. The van der Waals surface area contributed by atoms with E-state index in [1.165, 1.54) is 21.6 Å². The molecular formula is C16H14Cl2N4S2. The van der Waals surface area contributed by atoms with Crippen LogP contribution >= 0.6 is 44.8 Å². The molecule has 4 nitrogen and oxygen atoms in total. The Morgan fingerprint density at radius 3 is 1.42 bits per heavy atom. The van der Waals surface area contributed by atoms with Crippen LogP contribution in [-0.4, -0.2) is 23.4 Å². The molecule has 0 aliphatic carbocycles. The number of hydrogen-bond donors (Lipinski definition) is 2. The molecule has 8 heteroatoms. The molecule has 2 aromatic rings. The first-order valence-corrected chi connectivity index (χ1v) is 10.1. The van der Waals surface area contributed by atoms with Crippen LogP contribution in [0.4, 0.5) is 11.4 Å². The minimum Gasteiger partial charge on any atom is -0.334 e. The highest BCUT2D eigenvalue weighted by atomic mass is 35.5. The summed E-state index contributed by atoms with van der Waals surface area (Å²) in [4.78, 5) is 9.03. The van der Waals surface area contributed by atoms with Gasteiger partial charge in [0, 0.05) is 21.4 Å². The molecular weight excluding hydrogens is 383 g/mol. The lowest BCUT2D eigenvalue weighted by Gasteiger charge is -2.14. The Balaban J connectivity index is 1.60. The molecule has 1 aliphatic rings. The van der Waals surface area contributed by atoms with E-state index in [0.29, 0.717) is 23.1 Å². The van der Waals surface area contributed by atoms with Crippen molar-refractivity contribution in [2.75, 3.05) is 23.7 Å². The lowest BCUT2D eigenvalue weighted by Crippen LogP contribution is -2.14. The second-order valence-electron chi connectivity index (χ2n) is 4.80. The van der Waals surface area contributed by atoms with E-state index in [9.17, 15) is 0 Å². The van der Waals surface area contributed by atoms with Crippen LogP contribution in [-0.2, 0) is 0 Å². The fourth-order valence-corrected chi connectivity index (χ4v) is 3.93. The van der Waals surface area contributed by atoms with Crippen molar-refractivity contribution in [3.63, 3.8) is 0 Å². The quantitative estimate of drug-likeness (QED) is 0.646. The lowest BCUT2D eigenvalue weighted by atomic mass is 10.3. The van der Waals surface area contributed by atoms with Gasteiger partial charge in [0.2, 0.25) is 0 Å². The molecule has 124 valence electrons. The smallest absolute Gasteiger partial charge is 0.172 e. The fourth-order valence-electron chi connectivity index (χ4n) is 1.87. The molecule has 1 heterocycles. The van der Waals surface area contributed by atoms with Crippen molar-refractivity contribution >= 4 is 66.5 Å². The Morgan fingerprint density at radius 2 is 1.04 bits per heavy atom. The Bertz CT molecular complexity index is 680. The van der Waals surface area contributed by atoms with Crippen LogP contribution < -0.4 is 10.6 Å². The highest BCUT2D eigenvalue weighted by molar-refractivity contribution is 8.87. The maximum absolute atomic E-state index is 5.91. The summed E-state index contributed by atoms with van der Waals surface area (Å²) in [5, 5.41) is 9.71. The van der Waals surface area contributed by atoms with Gasteiger partial charge >= 0.3 is 0 Å². The molecule has 0 radical (unpaired) electrons. The zero-order valence-corrected chi connectivity index (χ0v) is 15.6. The Morgan fingerprint density at radius 1 is 0.667 bits per heavy atom. The largest absolute Gasteiger partial charge is 0.334 e. The Labute approximate surface area is 158 Å². The van der Waals surface area contributed by atoms with Crippen molar-refractivity contribution in [3.05, 3.63) is 58.6 Å². The summed E-state index contributed by atoms with van der Waals surface area (Å²) < 4.78 is 0. The first-order chi connectivity index (χ1) is 11.7. The van der Waals surface area contributed by atoms with Crippen LogP contribution in [0.3, 0.4) is 0 Å². The minimum absolute atomic E-state index is 0.634. The van der Waals surface area contributed by atoms with E-state index in [1.54, 1.807) is 0 Å². The zero-order valence-electron chi connectivity index (χ0n) is 12.5. The summed E-state index contributed by atoms with van der Waals surface area (Å²) in [5.41, 5.74) is 1.91. The number of nitrogens with zero attached hydrogens (tertiary/aromatic N) is 2. The third-order valence-corrected chi connectivity index (χ3v) is 5.56. The molecule has 0 spiro atoms. The van der Waals surface area contributed by atoms with Crippen molar-refractivity contribution < 1.29 is 0 Å². The van der Waals surface area contributed by atoms with E-state index in [0.717, 1.165) is 21.7 Å². The summed E-state index contributed by atoms with van der Waals surface area (Å²) in [6, 6.07) is 15.1. The normalized spacial score (nSPS) is 14.9. The third-order valence-electron chi connectivity index (χ3n) is 3.00. The van der Waals surface area contributed by atoms with Gasteiger partial charge in [0.05, 0.1) is 13.1 Å². The summed E-state index contributed by atoms with van der Waals surface area (Å²) in [6.45, 7) is 1.27. The van der Waals surface area contributed by atoms with Gasteiger partial charge in [-0.25, -0.2) is 0 Å². The van der Waals surface area contributed by atoms with E-state index in [2.05, 4.69) is 20.6 Å². The van der Waals surface area contributed by atoms with Crippen LogP contribution in [0.25, 0.3) is 0 Å². The molecule has 3 rings (SSSR count). The summed E-state index contributed by atoms with van der Waals surface area (Å²) >= 11 is 11.8. The predicted molar refractivity (Wildman–Crippen MR) is 110 cm³/mol. The molecule has 24 heavy (non-hydrogen) atoms. The van der Waals surface area contributed by atoms with E-state index >= 15 is 0 Å². The molecule has 0 saturated carbocycles. The molecule has 0 bridgehead atoms. The average molecular weight is 397 g/mol. The van der Waals surface area contributed by atoms with E-state index in [-0.39, 0.29) is 0 Å². The topological polar surface area (TPSA) is 48.8 Å². The van der Waals surface area contributed by atoms with Crippen molar-refractivity contribution in [1.82, 2.24) is 0 Å². The average Bonchev–Trinajstić information content (AvgIpc) is 2.57. The van der Waals surface area contributed by atoms with Crippen molar-refractivity contribution in [3.8, 4) is 0 Å². The van der Waals surface area contributed by atoms with E-state index in [4.69, 9.17) is 23.2 Å². The molecule has 0 atom stereocenters. The molecule has 2 N–H and O–H groups in total. The standard InChI is InChI=1S/C16H14Cl2N4S2/c17-11-1-5-13(6-2-11)21-15-19-9-10-20-16(24-23-15)22-14-7-3-12(18)4-8-14/h1-8H,9-10H2,(H,19,21)(H,20,22). The molecule has 0 amide bonds. The summed E-state index contributed by atoms with van der Waals surface area (Å²) in [7, 11) is 3.06. The number of amidine groups is 2. The molecule has 0 saturated heterocycles. The highest BCUT2D eigenvalue weighted by Crippen LogP contribution is 2.28. The van der Waals surface area contributed by atoms with Gasteiger partial charge in [-0.05, 0) is 70.1 Å². The van der Waals surface area contributed by atoms with Crippen molar-refractivity contribution in [2.24, 2.45) is 9.98 Å². The molecule has 2 aromatic carbocycles. The van der Waals surface area contributed by atoms with Gasteiger partial charge in [-0.3, -0.25) is 9.98 Å². The maximum atomic E-state index is 5.91. The Hall–Kier alpha value is -1.34. The summed E-state index contributed by atoms with van der Waals surface area (Å²) in [5.74, 6) is 0. The monoisotopic (exact) mass is 396 g/mol. The van der Waals surface area contributed by atoms with Gasteiger partial charge < -0.3 is 10.6 Å². The Kier molecular flexibility index (Phi) is 6.31. The van der Waals surface area contributed by atoms with Gasteiger partial charge in [0.25, 0.3) is 0 Å².